The molecule has 0 aliphatic carbocycles. The number of pyridine rings is 1. The minimum atomic E-state index is -0.0807. The standard InChI is InChI=1S/C19H21N3O/c1-3-4-12-22-17-10-6-5-9-16(17)14(2)18(22)19(23)21-15-8-7-11-20-13-15/h5-11,13H,3-4,12H2,1-2H3,(H,21,23). The smallest absolute Gasteiger partial charge is 0.272 e. The molecule has 2 heterocycles. The summed E-state index contributed by atoms with van der Waals surface area (Å²) in [5, 5.41) is 4.09. The highest BCUT2D eigenvalue weighted by molar-refractivity contribution is 6.08. The SMILES string of the molecule is CCCCn1c(C(=O)Nc2cccnc2)c(C)c2ccccc21. The van der Waals surface area contributed by atoms with Crippen LogP contribution in [0.15, 0.2) is 48.8 Å². The quantitative estimate of drug-likeness (QED) is 0.759. The minimum Gasteiger partial charge on any atom is -0.336 e. The summed E-state index contributed by atoms with van der Waals surface area (Å²) in [7, 11) is 0. The zero-order valence-electron chi connectivity index (χ0n) is 13.5. The Morgan fingerprint density at radius 2 is 2.04 bits per heavy atom. The molecule has 118 valence electrons. The maximum Gasteiger partial charge on any atom is 0.272 e. The number of aromatic nitrogens is 2. The molecular weight excluding hydrogens is 286 g/mol. The van der Waals surface area contributed by atoms with Gasteiger partial charge >= 0.3 is 0 Å². The van der Waals surface area contributed by atoms with Crippen LogP contribution in [0.3, 0.4) is 0 Å². The molecule has 2 aromatic heterocycles. The molecule has 0 aliphatic heterocycles. The van der Waals surface area contributed by atoms with Gasteiger partial charge in [-0.25, -0.2) is 0 Å². The number of benzene rings is 1. The lowest BCUT2D eigenvalue weighted by Crippen LogP contribution is -2.18. The largest absolute Gasteiger partial charge is 0.336 e. The van der Waals surface area contributed by atoms with E-state index in [1.54, 1.807) is 12.4 Å². The molecular formula is C19H21N3O. The Bertz CT molecular complexity index is 821. The minimum absolute atomic E-state index is 0.0807. The van der Waals surface area contributed by atoms with Crippen molar-refractivity contribution in [1.29, 1.82) is 0 Å². The van der Waals surface area contributed by atoms with Gasteiger partial charge in [-0.05, 0) is 37.1 Å². The van der Waals surface area contributed by atoms with Gasteiger partial charge in [0.25, 0.3) is 5.91 Å². The first-order chi connectivity index (χ1) is 11.2. The zero-order chi connectivity index (χ0) is 16.2. The van der Waals surface area contributed by atoms with E-state index >= 15 is 0 Å². The maximum atomic E-state index is 12.8. The Morgan fingerprint density at radius 1 is 1.22 bits per heavy atom. The molecule has 0 saturated carbocycles. The summed E-state index contributed by atoms with van der Waals surface area (Å²) in [4.78, 5) is 16.9. The van der Waals surface area contributed by atoms with Crippen LogP contribution in [0.1, 0.15) is 35.8 Å². The molecule has 0 atom stereocenters. The van der Waals surface area contributed by atoms with Gasteiger partial charge in [-0.15, -0.1) is 0 Å². The van der Waals surface area contributed by atoms with Crippen LogP contribution in [0.25, 0.3) is 10.9 Å². The van der Waals surface area contributed by atoms with Crippen molar-refractivity contribution >= 4 is 22.5 Å². The Balaban J connectivity index is 2.04. The highest BCUT2D eigenvalue weighted by Gasteiger charge is 2.19. The summed E-state index contributed by atoms with van der Waals surface area (Å²) >= 11 is 0. The van der Waals surface area contributed by atoms with Crippen molar-refractivity contribution in [2.75, 3.05) is 5.32 Å². The highest BCUT2D eigenvalue weighted by atomic mass is 16.2. The first-order valence-electron chi connectivity index (χ1n) is 8.01. The number of anilines is 1. The molecule has 23 heavy (non-hydrogen) atoms. The molecule has 3 aromatic rings. The van der Waals surface area contributed by atoms with Crippen LogP contribution in [-0.2, 0) is 6.54 Å². The number of nitrogens with one attached hydrogen (secondary N) is 1. The molecule has 0 saturated heterocycles. The van der Waals surface area contributed by atoms with Crippen molar-refractivity contribution in [1.82, 2.24) is 9.55 Å². The van der Waals surface area contributed by atoms with Gasteiger partial charge in [-0.1, -0.05) is 31.5 Å². The van der Waals surface area contributed by atoms with Gasteiger partial charge in [0, 0.05) is 23.6 Å². The van der Waals surface area contributed by atoms with E-state index in [-0.39, 0.29) is 5.91 Å². The van der Waals surface area contributed by atoms with E-state index in [1.165, 1.54) is 0 Å². The fourth-order valence-electron chi connectivity index (χ4n) is 2.94. The van der Waals surface area contributed by atoms with Gasteiger partial charge in [-0.3, -0.25) is 9.78 Å². The molecule has 0 bridgehead atoms. The van der Waals surface area contributed by atoms with Crippen LogP contribution in [0, 0.1) is 6.92 Å². The molecule has 4 heteroatoms. The van der Waals surface area contributed by atoms with Crippen LogP contribution < -0.4 is 5.32 Å². The maximum absolute atomic E-state index is 12.8. The number of nitrogens with zero attached hydrogens (tertiary/aromatic N) is 2. The predicted molar refractivity (Wildman–Crippen MR) is 93.8 cm³/mol. The van der Waals surface area contributed by atoms with E-state index < -0.39 is 0 Å². The Kier molecular flexibility index (Phi) is 4.42. The number of rotatable bonds is 5. The predicted octanol–water partition coefficient (Wildman–Crippen LogP) is 4.40. The van der Waals surface area contributed by atoms with Gasteiger partial charge in [0.2, 0.25) is 0 Å². The topological polar surface area (TPSA) is 46.9 Å². The highest BCUT2D eigenvalue weighted by Crippen LogP contribution is 2.26. The number of fused-ring (bicyclic) bond motifs is 1. The van der Waals surface area contributed by atoms with Crippen molar-refractivity contribution in [3.63, 3.8) is 0 Å². The third-order valence-corrected chi connectivity index (χ3v) is 4.09. The number of hydrogen-bond acceptors (Lipinski definition) is 2. The fourth-order valence-corrected chi connectivity index (χ4v) is 2.94. The lowest BCUT2D eigenvalue weighted by molar-refractivity contribution is 0.101. The number of carbonyl (C=O) groups is 1. The van der Waals surface area contributed by atoms with E-state index in [0.717, 1.165) is 41.5 Å². The van der Waals surface area contributed by atoms with E-state index in [0.29, 0.717) is 5.69 Å². The fraction of sp³-hybridized carbons (Fsp3) is 0.263. The molecule has 4 nitrogen and oxygen atoms in total. The average molecular weight is 307 g/mol. The third kappa shape index (κ3) is 2.97. The Morgan fingerprint density at radius 3 is 2.78 bits per heavy atom. The van der Waals surface area contributed by atoms with Crippen molar-refractivity contribution < 1.29 is 4.79 Å². The molecule has 0 fully saturated rings. The number of para-hydroxylation sites is 1. The number of unbranched alkanes of at least 4 members (excludes halogenated alkanes) is 1. The van der Waals surface area contributed by atoms with Crippen molar-refractivity contribution in [2.45, 2.75) is 33.2 Å². The zero-order valence-corrected chi connectivity index (χ0v) is 13.5. The monoisotopic (exact) mass is 307 g/mol. The molecule has 0 spiro atoms. The summed E-state index contributed by atoms with van der Waals surface area (Å²) in [5.74, 6) is -0.0807. The van der Waals surface area contributed by atoms with Crippen LogP contribution in [0.5, 0.6) is 0 Å². The molecule has 0 unspecified atom stereocenters. The van der Waals surface area contributed by atoms with E-state index in [9.17, 15) is 4.79 Å². The molecule has 0 aliphatic rings. The number of hydrogen-bond donors (Lipinski definition) is 1. The van der Waals surface area contributed by atoms with Crippen LogP contribution in [-0.4, -0.2) is 15.5 Å². The summed E-state index contributed by atoms with van der Waals surface area (Å²) < 4.78 is 2.14. The van der Waals surface area contributed by atoms with Crippen LogP contribution in [0.4, 0.5) is 5.69 Å². The summed E-state index contributed by atoms with van der Waals surface area (Å²) in [6.07, 6.45) is 5.49. The second-order valence-corrected chi connectivity index (χ2v) is 5.69. The molecule has 1 aromatic carbocycles. The first-order valence-corrected chi connectivity index (χ1v) is 8.01. The second-order valence-electron chi connectivity index (χ2n) is 5.69. The summed E-state index contributed by atoms with van der Waals surface area (Å²) in [5.41, 5.74) is 3.60. The second kappa shape index (κ2) is 6.65. The Labute approximate surface area is 136 Å². The number of carbonyl (C=O) groups excluding carboxylic acids is 1. The van der Waals surface area contributed by atoms with Crippen molar-refractivity contribution in [3.8, 4) is 0 Å². The third-order valence-electron chi connectivity index (χ3n) is 4.09. The summed E-state index contributed by atoms with van der Waals surface area (Å²) in [6, 6.07) is 11.9. The van der Waals surface area contributed by atoms with Gasteiger partial charge in [0.05, 0.1) is 11.9 Å². The van der Waals surface area contributed by atoms with Crippen LogP contribution >= 0.6 is 0 Å². The van der Waals surface area contributed by atoms with Crippen molar-refractivity contribution in [3.05, 3.63) is 60.0 Å². The molecule has 3 rings (SSSR count). The average Bonchev–Trinajstić information content (AvgIpc) is 2.86. The van der Waals surface area contributed by atoms with Crippen LogP contribution in [0.2, 0.25) is 0 Å². The number of amides is 1. The van der Waals surface area contributed by atoms with Gasteiger partial charge in [0.15, 0.2) is 0 Å². The normalized spacial score (nSPS) is 10.9. The molecule has 1 N–H and O–H groups in total. The molecule has 1 amide bonds. The number of aryl methyl sites for hydroxylation is 2. The Hall–Kier alpha value is -2.62. The van der Waals surface area contributed by atoms with Gasteiger partial charge in [-0.2, -0.15) is 0 Å². The van der Waals surface area contributed by atoms with Crippen molar-refractivity contribution in [2.24, 2.45) is 0 Å². The lowest BCUT2D eigenvalue weighted by Gasteiger charge is -2.11. The summed E-state index contributed by atoms with van der Waals surface area (Å²) in [6.45, 7) is 5.03. The first kappa shape index (κ1) is 15.3. The van der Waals surface area contributed by atoms with E-state index in [4.69, 9.17) is 0 Å². The van der Waals surface area contributed by atoms with Gasteiger partial charge < -0.3 is 9.88 Å². The molecule has 0 radical (unpaired) electrons. The van der Waals surface area contributed by atoms with Gasteiger partial charge in [0.1, 0.15) is 5.69 Å². The lowest BCUT2D eigenvalue weighted by atomic mass is 10.1. The van der Waals surface area contributed by atoms with E-state index in [1.807, 2.05) is 31.2 Å². The van der Waals surface area contributed by atoms with E-state index in [2.05, 4.69) is 33.9 Å².